The maximum atomic E-state index is 13.0. The first kappa shape index (κ1) is 21.8. The molecule has 3 rings (SSSR count). The number of hydrogen-bond donors (Lipinski definition) is 2. The molecule has 0 spiro atoms. The van der Waals surface area contributed by atoms with Crippen LogP contribution in [0.2, 0.25) is 0 Å². The van der Waals surface area contributed by atoms with Crippen molar-refractivity contribution in [2.45, 2.75) is 25.6 Å². The molecule has 2 aromatic carbocycles. The van der Waals surface area contributed by atoms with E-state index in [2.05, 4.69) is 27.7 Å². The van der Waals surface area contributed by atoms with Crippen LogP contribution in [0.4, 0.5) is 18.9 Å². The molecule has 0 atom stereocenters. The van der Waals surface area contributed by atoms with Gasteiger partial charge in [0.25, 0.3) is 0 Å². The third-order valence-corrected chi connectivity index (χ3v) is 5.19. The van der Waals surface area contributed by atoms with E-state index in [4.69, 9.17) is 0 Å². The lowest BCUT2D eigenvalue weighted by Crippen LogP contribution is -2.41. The van der Waals surface area contributed by atoms with E-state index in [9.17, 15) is 22.8 Å². The molecule has 2 amide bonds. The lowest BCUT2D eigenvalue weighted by atomic mass is 9.96. The Hall–Kier alpha value is -2.87. The number of anilines is 1. The van der Waals surface area contributed by atoms with Gasteiger partial charge in [-0.05, 0) is 49.5 Å². The minimum atomic E-state index is -4.62. The Labute approximate surface area is 173 Å². The van der Waals surface area contributed by atoms with Crippen molar-refractivity contribution >= 4 is 17.5 Å². The lowest BCUT2D eigenvalue weighted by molar-refractivity contribution is -0.138. The quantitative estimate of drug-likeness (QED) is 0.727. The zero-order valence-corrected chi connectivity index (χ0v) is 16.4. The molecule has 0 unspecified atom stereocenters. The number of halogens is 3. The first-order valence-electron chi connectivity index (χ1n) is 9.84. The molecular formula is C22H24F3N3O2. The first-order valence-corrected chi connectivity index (χ1v) is 9.84. The Morgan fingerprint density at radius 2 is 1.57 bits per heavy atom. The smallest absolute Gasteiger partial charge is 0.348 e. The van der Waals surface area contributed by atoms with Crippen LogP contribution >= 0.6 is 0 Å². The number of alkyl halides is 3. The minimum Gasteiger partial charge on any atom is -0.348 e. The zero-order chi connectivity index (χ0) is 21.6. The monoisotopic (exact) mass is 419 g/mol. The van der Waals surface area contributed by atoms with Gasteiger partial charge in [-0.15, -0.1) is 0 Å². The number of amides is 2. The van der Waals surface area contributed by atoms with Crippen molar-refractivity contribution in [1.29, 1.82) is 0 Å². The van der Waals surface area contributed by atoms with Gasteiger partial charge in [0.05, 0.1) is 11.3 Å². The minimum absolute atomic E-state index is 0.233. The molecule has 0 radical (unpaired) electrons. The molecule has 0 aromatic heterocycles. The van der Waals surface area contributed by atoms with Crippen molar-refractivity contribution < 1.29 is 22.8 Å². The Morgan fingerprint density at radius 1 is 0.933 bits per heavy atom. The fourth-order valence-corrected chi connectivity index (χ4v) is 3.53. The van der Waals surface area contributed by atoms with E-state index in [1.54, 1.807) is 0 Å². The number of likely N-dealkylation sites (tertiary alicyclic amines) is 1. The Bertz CT molecular complexity index is 863. The van der Waals surface area contributed by atoms with Crippen LogP contribution in [-0.4, -0.2) is 36.3 Å². The third kappa shape index (κ3) is 6.06. The first-order chi connectivity index (χ1) is 14.3. The highest BCUT2D eigenvalue weighted by atomic mass is 19.4. The van der Waals surface area contributed by atoms with Gasteiger partial charge >= 0.3 is 18.0 Å². The summed E-state index contributed by atoms with van der Waals surface area (Å²) in [5.41, 5.74) is -0.170. The van der Waals surface area contributed by atoms with E-state index in [1.165, 1.54) is 17.7 Å². The molecule has 160 valence electrons. The molecule has 1 aliphatic heterocycles. The number of rotatable bonds is 5. The van der Waals surface area contributed by atoms with Crippen molar-refractivity contribution in [2.24, 2.45) is 5.92 Å². The van der Waals surface area contributed by atoms with Crippen LogP contribution in [0, 0.1) is 5.92 Å². The number of nitrogens with zero attached hydrogens (tertiary/aromatic N) is 1. The summed E-state index contributed by atoms with van der Waals surface area (Å²) in [6.07, 6.45) is -2.86. The fraction of sp³-hybridized carbons (Fsp3) is 0.364. The molecule has 0 bridgehead atoms. The van der Waals surface area contributed by atoms with Crippen LogP contribution in [0.15, 0.2) is 54.6 Å². The van der Waals surface area contributed by atoms with Crippen LogP contribution < -0.4 is 10.6 Å². The topological polar surface area (TPSA) is 61.4 Å². The highest BCUT2D eigenvalue weighted by Gasteiger charge is 2.34. The average Bonchev–Trinajstić information content (AvgIpc) is 2.73. The van der Waals surface area contributed by atoms with Gasteiger partial charge in [0, 0.05) is 13.1 Å². The van der Waals surface area contributed by atoms with Crippen molar-refractivity contribution in [3.05, 3.63) is 65.7 Å². The zero-order valence-electron chi connectivity index (χ0n) is 16.4. The van der Waals surface area contributed by atoms with Crippen LogP contribution in [0.3, 0.4) is 0 Å². The van der Waals surface area contributed by atoms with E-state index in [1.807, 2.05) is 18.2 Å². The van der Waals surface area contributed by atoms with Gasteiger partial charge in [-0.25, -0.2) is 0 Å². The van der Waals surface area contributed by atoms with Gasteiger partial charge in [-0.2, -0.15) is 13.2 Å². The van der Waals surface area contributed by atoms with Crippen molar-refractivity contribution in [1.82, 2.24) is 10.2 Å². The summed E-state index contributed by atoms with van der Waals surface area (Å²) in [5, 5.41) is 4.60. The highest BCUT2D eigenvalue weighted by molar-refractivity contribution is 6.39. The Kier molecular flexibility index (Phi) is 7.10. The van der Waals surface area contributed by atoms with Crippen LogP contribution in [0.5, 0.6) is 0 Å². The second-order valence-corrected chi connectivity index (χ2v) is 7.41. The summed E-state index contributed by atoms with van der Waals surface area (Å²) >= 11 is 0. The molecule has 1 aliphatic rings. The van der Waals surface area contributed by atoms with Crippen LogP contribution in [-0.2, 0) is 22.3 Å². The molecule has 30 heavy (non-hydrogen) atoms. The van der Waals surface area contributed by atoms with E-state index >= 15 is 0 Å². The molecule has 2 N–H and O–H groups in total. The number of nitrogens with one attached hydrogen (secondary N) is 2. The van der Waals surface area contributed by atoms with Crippen molar-refractivity contribution in [2.75, 3.05) is 25.0 Å². The molecule has 1 heterocycles. The van der Waals surface area contributed by atoms with Gasteiger partial charge < -0.3 is 10.6 Å². The Balaban J connectivity index is 1.43. The van der Waals surface area contributed by atoms with E-state index in [0.717, 1.165) is 44.6 Å². The molecule has 2 aromatic rings. The number of carbonyl (C=O) groups excluding carboxylic acids is 2. The van der Waals surface area contributed by atoms with Gasteiger partial charge in [-0.1, -0.05) is 42.5 Å². The molecule has 1 saturated heterocycles. The van der Waals surface area contributed by atoms with Crippen LogP contribution in [0.1, 0.15) is 24.0 Å². The lowest BCUT2D eigenvalue weighted by Gasteiger charge is -2.32. The second kappa shape index (κ2) is 9.75. The summed E-state index contributed by atoms with van der Waals surface area (Å²) in [4.78, 5) is 26.4. The van der Waals surface area contributed by atoms with Gasteiger partial charge in [0.15, 0.2) is 0 Å². The fourth-order valence-electron chi connectivity index (χ4n) is 3.53. The predicted octanol–water partition coefficient (Wildman–Crippen LogP) is 3.67. The Morgan fingerprint density at radius 3 is 2.23 bits per heavy atom. The summed E-state index contributed by atoms with van der Waals surface area (Å²) < 4.78 is 39.0. The molecule has 0 aliphatic carbocycles. The number of benzene rings is 2. The average molecular weight is 419 g/mol. The maximum Gasteiger partial charge on any atom is 0.418 e. The van der Waals surface area contributed by atoms with Crippen molar-refractivity contribution in [3.8, 4) is 0 Å². The van der Waals surface area contributed by atoms with E-state index in [0.29, 0.717) is 6.54 Å². The summed E-state index contributed by atoms with van der Waals surface area (Å²) in [5.74, 6) is -1.80. The normalized spacial score (nSPS) is 15.6. The summed E-state index contributed by atoms with van der Waals surface area (Å²) in [6.45, 7) is 2.98. The predicted molar refractivity (Wildman–Crippen MR) is 108 cm³/mol. The maximum absolute atomic E-state index is 13.0. The van der Waals surface area contributed by atoms with Gasteiger partial charge in [-0.3, -0.25) is 14.5 Å². The third-order valence-electron chi connectivity index (χ3n) is 5.19. The summed E-state index contributed by atoms with van der Waals surface area (Å²) in [6, 6.07) is 14.7. The van der Waals surface area contributed by atoms with E-state index < -0.39 is 29.2 Å². The molecule has 8 heteroatoms. The number of para-hydroxylation sites is 1. The largest absolute Gasteiger partial charge is 0.418 e. The molecule has 1 fully saturated rings. The van der Waals surface area contributed by atoms with Crippen molar-refractivity contribution in [3.63, 3.8) is 0 Å². The van der Waals surface area contributed by atoms with Crippen LogP contribution in [0.25, 0.3) is 0 Å². The van der Waals surface area contributed by atoms with E-state index in [-0.39, 0.29) is 5.92 Å². The van der Waals surface area contributed by atoms with Gasteiger partial charge in [0.2, 0.25) is 0 Å². The number of hydrogen-bond acceptors (Lipinski definition) is 3. The summed E-state index contributed by atoms with van der Waals surface area (Å²) in [7, 11) is 0. The standard InChI is InChI=1S/C22H24F3N3O2/c23-22(24,25)18-8-4-5-9-19(18)27-21(30)20(29)26-14-16-10-12-28(13-11-16)15-17-6-2-1-3-7-17/h1-9,16H,10-15H2,(H,26,29)(H,27,30). The SMILES string of the molecule is O=C(NCC1CCN(Cc2ccccc2)CC1)C(=O)Nc1ccccc1C(F)(F)F. The highest BCUT2D eigenvalue weighted by Crippen LogP contribution is 2.34. The molecular weight excluding hydrogens is 395 g/mol. The van der Waals surface area contributed by atoms with Gasteiger partial charge in [0.1, 0.15) is 0 Å². The molecule has 5 nitrogen and oxygen atoms in total. The molecule has 0 saturated carbocycles. The second-order valence-electron chi connectivity index (χ2n) is 7.41. The number of carbonyl (C=O) groups is 2. The number of piperidine rings is 1.